The van der Waals surface area contributed by atoms with Crippen LogP contribution in [0.5, 0.6) is 11.5 Å². The van der Waals surface area contributed by atoms with E-state index in [0.29, 0.717) is 21.9 Å². The summed E-state index contributed by atoms with van der Waals surface area (Å²) < 4.78 is 17.2. The molecule has 1 aromatic heterocycles. The third-order valence-electron chi connectivity index (χ3n) is 2.46. The van der Waals surface area contributed by atoms with Crippen LogP contribution in [0.4, 0.5) is 0 Å². The molecule has 2 aromatic rings. The summed E-state index contributed by atoms with van der Waals surface area (Å²) >= 11 is 6.50. The molecule has 8 heteroatoms. The van der Waals surface area contributed by atoms with Crippen molar-refractivity contribution in [3.05, 3.63) is 45.2 Å². The third-order valence-corrected chi connectivity index (χ3v) is 3.38. The van der Waals surface area contributed by atoms with Crippen molar-refractivity contribution >= 4 is 44.0 Å². The maximum atomic E-state index is 11.6. The van der Waals surface area contributed by atoms with E-state index in [1.807, 2.05) is 0 Å². The van der Waals surface area contributed by atoms with Crippen molar-refractivity contribution in [3.63, 3.8) is 0 Å². The first kappa shape index (κ1) is 16.6. The van der Waals surface area contributed by atoms with E-state index in [1.54, 1.807) is 30.3 Å². The molecule has 0 unspecified atom stereocenters. The van der Waals surface area contributed by atoms with Crippen LogP contribution in [0.2, 0.25) is 0 Å². The summed E-state index contributed by atoms with van der Waals surface area (Å²) in [6.45, 7) is -0.183. The van der Waals surface area contributed by atoms with Crippen LogP contribution in [0.3, 0.4) is 0 Å². The maximum Gasteiger partial charge on any atom is 0.277 e. The second-order valence-corrected chi connectivity index (χ2v) is 5.72. The van der Waals surface area contributed by atoms with E-state index in [9.17, 15) is 4.79 Å². The van der Waals surface area contributed by atoms with Crippen molar-refractivity contribution in [1.82, 2.24) is 5.43 Å². The molecule has 0 spiro atoms. The summed E-state index contributed by atoms with van der Waals surface area (Å²) in [4.78, 5) is 11.6. The second kappa shape index (κ2) is 8.00. The zero-order valence-electron chi connectivity index (χ0n) is 11.5. The molecular weight excluding hydrogens is 420 g/mol. The fraction of sp³-hybridized carbons (Fsp3) is 0.143. The van der Waals surface area contributed by atoms with Gasteiger partial charge in [0.1, 0.15) is 5.76 Å². The number of rotatable bonds is 6. The lowest BCUT2D eigenvalue weighted by Gasteiger charge is -2.09. The molecule has 1 heterocycles. The van der Waals surface area contributed by atoms with E-state index in [2.05, 4.69) is 42.4 Å². The predicted molar refractivity (Wildman–Crippen MR) is 88.3 cm³/mol. The highest BCUT2D eigenvalue weighted by Gasteiger charge is 2.07. The van der Waals surface area contributed by atoms with Gasteiger partial charge in [0.2, 0.25) is 0 Å². The van der Waals surface area contributed by atoms with Crippen LogP contribution in [0, 0.1) is 0 Å². The van der Waals surface area contributed by atoms with E-state index in [-0.39, 0.29) is 6.61 Å². The van der Waals surface area contributed by atoms with Crippen LogP contribution in [0.25, 0.3) is 0 Å². The number of carbonyl (C=O) groups excluding carboxylic acids is 1. The van der Waals surface area contributed by atoms with Gasteiger partial charge < -0.3 is 13.9 Å². The first-order valence-electron chi connectivity index (χ1n) is 6.12. The molecule has 0 fully saturated rings. The van der Waals surface area contributed by atoms with Gasteiger partial charge in [-0.15, -0.1) is 0 Å². The number of hydrazone groups is 1. The van der Waals surface area contributed by atoms with Crippen LogP contribution < -0.4 is 14.9 Å². The molecule has 1 amide bonds. The molecule has 0 aliphatic rings. The van der Waals surface area contributed by atoms with Gasteiger partial charge in [-0.1, -0.05) is 15.9 Å². The average Bonchev–Trinajstić information content (AvgIpc) is 2.91. The van der Waals surface area contributed by atoms with Crippen LogP contribution in [-0.4, -0.2) is 25.8 Å². The van der Waals surface area contributed by atoms with Crippen molar-refractivity contribution in [3.8, 4) is 11.5 Å². The summed E-state index contributed by atoms with van der Waals surface area (Å²) in [6, 6.07) is 8.69. The monoisotopic (exact) mass is 430 g/mol. The van der Waals surface area contributed by atoms with Gasteiger partial charge in [-0.3, -0.25) is 4.79 Å². The highest BCUT2D eigenvalue weighted by Crippen LogP contribution is 2.29. The van der Waals surface area contributed by atoms with Crippen molar-refractivity contribution in [2.45, 2.75) is 0 Å². The first-order chi connectivity index (χ1) is 10.6. The predicted octanol–water partition coefficient (Wildman–Crippen LogP) is 3.34. The normalized spacial score (nSPS) is 10.7. The van der Waals surface area contributed by atoms with Gasteiger partial charge in [-0.25, -0.2) is 5.43 Å². The number of methoxy groups -OCH3 is 1. The Hall–Kier alpha value is -1.80. The van der Waals surface area contributed by atoms with Gasteiger partial charge in [-0.2, -0.15) is 5.10 Å². The quantitative estimate of drug-likeness (QED) is 0.562. The topological polar surface area (TPSA) is 73.1 Å². The summed E-state index contributed by atoms with van der Waals surface area (Å²) in [5.41, 5.74) is 2.34. The maximum absolute atomic E-state index is 11.6. The van der Waals surface area contributed by atoms with Crippen molar-refractivity contribution < 1.29 is 18.7 Å². The fourth-order valence-corrected chi connectivity index (χ4v) is 2.16. The molecule has 0 saturated carbocycles. The first-order valence-corrected chi connectivity index (χ1v) is 7.70. The van der Waals surface area contributed by atoms with Crippen LogP contribution >= 0.6 is 31.9 Å². The third kappa shape index (κ3) is 4.88. The van der Waals surface area contributed by atoms with Gasteiger partial charge in [0.05, 0.1) is 13.3 Å². The minimum Gasteiger partial charge on any atom is -0.493 e. The number of carbonyl (C=O) groups is 1. The van der Waals surface area contributed by atoms with Gasteiger partial charge in [0.15, 0.2) is 22.8 Å². The largest absolute Gasteiger partial charge is 0.493 e. The van der Waals surface area contributed by atoms with Gasteiger partial charge in [0.25, 0.3) is 5.91 Å². The van der Waals surface area contributed by atoms with E-state index in [4.69, 9.17) is 13.9 Å². The minimum atomic E-state index is -0.396. The Morgan fingerprint density at radius 3 is 2.82 bits per heavy atom. The molecule has 6 nitrogen and oxygen atoms in total. The number of hydrogen-bond acceptors (Lipinski definition) is 5. The Bertz CT molecular complexity index is 685. The molecule has 0 aliphatic carbocycles. The average molecular weight is 432 g/mol. The van der Waals surface area contributed by atoms with Crippen molar-refractivity contribution in [2.75, 3.05) is 13.7 Å². The molecule has 0 aliphatic heterocycles. The Kier molecular flexibility index (Phi) is 6.02. The summed E-state index contributed by atoms with van der Waals surface area (Å²) in [5.74, 6) is 1.13. The Morgan fingerprint density at radius 1 is 1.32 bits per heavy atom. The molecular formula is C14H12Br2N2O4. The number of halogens is 2. The molecule has 1 N–H and O–H groups in total. The second-order valence-electron chi connectivity index (χ2n) is 4.02. The number of nitrogens with one attached hydrogen (secondary N) is 1. The lowest BCUT2D eigenvalue weighted by molar-refractivity contribution is -0.123. The number of amides is 1. The standard InChI is InChI=1S/C14H12Br2N2O4/c1-20-12-6-9(15)2-4-11(12)21-8-14(19)18-17-7-10-3-5-13(16)22-10/h2-7H,8H2,1H3,(H,18,19)/b17-7+. The van der Waals surface area contributed by atoms with Crippen LogP contribution in [0.15, 0.2) is 49.0 Å². The molecule has 22 heavy (non-hydrogen) atoms. The molecule has 116 valence electrons. The van der Waals surface area contributed by atoms with Gasteiger partial charge >= 0.3 is 0 Å². The summed E-state index contributed by atoms with van der Waals surface area (Å²) in [5, 5.41) is 3.77. The fourth-order valence-electron chi connectivity index (χ4n) is 1.50. The van der Waals surface area contributed by atoms with E-state index in [0.717, 1.165) is 4.47 Å². The molecule has 1 aromatic carbocycles. The van der Waals surface area contributed by atoms with Crippen LogP contribution in [0.1, 0.15) is 5.76 Å². The number of furan rings is 1. The van der Waals surface area contributed by atoms with Crippen molar-refractivity contribution in [1.29, 1.82) is 0 Å². The lowest BCUT2D eigenvalue weighted by atomic mass is 10.3. The van der Waals surface area contributed by atoms with E-state index >= 15 is 0 Å². The van der Waals surface area contributed by atoms with Crippen molar-refractivity contribution in [2.24, 2.45) is 5.10 Å². The Morgan fingerprint density at radius 2 is 2.14 bits per heavy atom. The van der Waals surface area contributed by atoms with Gasteiger partial charge in [0, 0.05) is 4.47 Å². The number of nitrogens with zero attached hydrogens (tertiary/aromatic N) is 1. The molecule has 0 saturated heterocycles. The zero-order chi connectivity index (χ0) is 15.9. The summed E-state index contributed by atoms with van der Waals surface area (Å²) in [7, 11) is 1.53. The van der Waals surface area contributed by atoms with Gasteiger partial charge in [-0.05, 0) is 46.3 Å². The summed E-state index contributed by atoms with van der Waals surface area (Å²) in [6.07, 6.45) is 1.39. The minimum absolute atomic E-state index is 0.183. The molecule has 0 atom stereocenters. The molecule has 0 bridgehead atoms. The Balaban J connectivity index is 1.84. The smallest absolute Gasteiger partial charge is 0.277 e. The van der Waals surface area contributed by atoms with Crippen LogP contribution in [-0.2, 0) is 4.79 Å². The number of ether oxygens (including phenoxy) is 2. The SMILES string of the molecule is COc1cc(Br)ccc1OCC(=O)N/N=C/c1ccc(Br)o1. The highest BCUT2D eigenvalue weighted by atomic mass is 79.9. The zero-order valence-corrected chi connectivity index (χ0v) is 14.7. The number of benzene rings is 1. The highest BCUT2D eigenvalue weighted by molar-refractivity contribution is 9.10. The Labute approximate surface area is 143 Å². The molecule has 2 rings (SSSR count). The number of hydrogen-bond donors (Lipinski definition) is 1. The molecule has 0 radical (unpaired) electrons. The lowest BCUT2D eigenvalue weighted by Crippen LogP contribution is -2.24. The van der Waals surface area contributed by atoms with E-state index in [1.165, 1.54) is 13.3 Å². The van der Waals surface area contributed by atoms with E-state index < -0.39 is 5.91 Å².